The van der Waals surface area contributed by atoms with E-state index >= 15 is 0 Å². The molecule has 4 saturated carbocycles. The summed E-state index contributed by atoms with van der Waals surface area (Å²) in [4.78, 5) is 63.6. The number of fused-ring (bicyclic) bond motifs is 2. The molecular formula is C44H58ClN3O10. The van der Waals surface area contributed by atoms with Gasteiger partial charge in [0.05, 0.1) is 43.6 Å². The highest BCUT2D eigenvalue weighted by molar-refractivity contribution is 6.36. The number of carboxylic acid groups (broad SMARTS) is 1. The Bertz CT molecular complexity index is 1900. The fourth-order valence-corrected chi connectivity index (χ4v) is 9.81. The SMILES string of the molecule is CC[C@@H]1C[C@]1(CC(=O)[C@@H]1C[C@@H](Oc2cc(OC3CC3)nc3c(Cl)c(OCCN4CCOCC4)ccc23)CN1C(=O)[C@@H](CC(=O)OC1C[C@@H]2C[C@@H]2C1)C(C)(C)C)C(=O)O. The second-order valence-electron chi connectivity index (χ2n) is 18.7. The summed E-state index contributed by atoms with van der Waals surface area (Å²) in [5.74, 6) is -0.346. The van der Waals surface area contributed by atoms with Crippen LogP contribution < -0.4 is 14.2 Å². The number of ether oxygens (including phenoxy) is 5. The molecule has 8 rings (SSSR count). The molecule has 6 fully saturated rings. The fourth-order valence-electron chi connectivity index (χ4n) is 9.55. The van der Waals surface area contributed by atoms with Gasteiger partial charge in [-0.05, 0) is 73.8 Å². The van der Waals surface area contributed by atoms with Crippen molar-refractivity contribution in [3.63, 3.8) is 0 Å². The molecule has 6 aliphatic rings. The minimum absolute atomic E-state index is 0.0439. The number of benzene rings is 1. The Morgan fingerprint density at radius 3 is 2.40 bits per heavy atom. The average Bonchev–Trinajstić information content (AvgIpc) is 4.15. The summed E-state index contributed by atoms with van der Waals surface area (Å²) in [5, 5.41) is 11.2. The molecule has 2 aliphatic heterocycles. The minimum atomic E-state index is -1.14. The van der Waals surface area contributed by atoms with E-state index in [1.807, 2.05) is 33.8 Å². The Morgan fingerprint density at radius 1 is 1.00 bits per heavy atom. The zero-order chi connectivity index (χ0) is 40.9. The number of rotatable bonds is 17. The predicted molar refractivity (Wildman–Crippen MR) is 214 cm³/mol. The van der Waals surface area contributed by atoms with Gasteiger partial charge in [0.15, 0.2) is 5.78 Å². The van der Waals surface area contributed by atoms with Gasteiger partial charge in [-0.25, -0.2) is 4.98 Å². The maximum absolute atomic E-state index is 14.8. The van der Waals surface area contributed by atoms with Crippen LogP contribution in [0.15, 0.2) is 18.2 Å². The summed E-state index contributed by atoms with van der Waals surface area (Å²) >= 11 is 6.99. The number of Topliss-reactive ketones (excluding diaryl/α,β-unsaturated/α-hetero) is 1. The van der Waals surface area contributed by atoms with Gasteiger partial charge in [-0.2, -0.15) is 0 Å². The predicted octanol–water partition coefficient (Wildman–Crippen LogP) is 6.34. The molecule has 0 bridgehead atoms. The van der Waals surface area contributed by atoms with Crippen LogP contribution in [0.5, 0.6) is 17.4 Å². The lowest BCUT2D eigenvalue weighted by atomic mass is 9.77. The molecule has 3 heterocycles. The number of nitrogens with zero attached hydrogens (tertiary/aromatic N) is 3. The highest BCUT2D eigenvalue weighted by Crippen LogP contribution is 2.58. The van der Waals surface area contributed by atoms with Crippen LogP contribution in [0.25, 0.3) is 10.9 Å². The molecule has 2 saturated heterocycles. The average molecular weight is 824 g/mol. The van der Waals surface area contributed by atoms with E-state index in [0.717, 1.165) is 45.3 Å². The third-order valence-electron chi connectivity index (χ3n) is 13.5. The molecule has 316 valence electrons. The van der Waals surface area contributed by atoms with E-state index in [1.54, 1.807) is 12.1 Å². The van der Waals surface area contributed by atoms with Gasteiger partial charge in [0.25, 0.3) is 0 Å². The van der Waals surface area contributed by atoms with Crippen LogP contribution in [-0.2, 0) is 28.7 Å². The quantitative estimate of drug-likeness (QED) is 0.177. The van der Waals surface area contributed by atoms with Gasteiger partial charge >= 0.3 is 11.9 Å². The van der Waals surface area contributed by atoms with Crippen molar-refractivity contribution in [3.8, 4) is 17.4 Å². The number of ketones is 1. The summed E-state index contributed by atoms with van der Waals surface area (Å²) in [5.41, 5.74) is -1.32. The number of halogens is 1. The molecule has 0 radical (unpaired) electrons. The number of hydrogen-bond acceptors (Lipinski definition) is 11. The van der Waals surface area contributed by atoms with Crippen molar-refractivity contribution >= 4 is 46.1 Å². The smallest absolute Gasteiger partial charge is 0.310 e. The van der Waals surface area contributed by atoms with Crippen LogP contribution in [0.2, 0.25) is 5.02 Å². The van der Waals surface area contributed by atoms with Crippen molar-refractivity contribution in [2.75, 3.05) is 46.0 Å². The number of pyridine rings is 1. The van der Waals surface area contributed by atoms with Crippen molar-refractivity contribution in [1.82, 2.24) is 14.8 Å². The van der Waals surface area contributed by atoms with Gasteiger partial charge in [-0.3, -0.25) is 24.1 Å². The van der Waals surface area contributed by atoms with E-state index in [9.17, 15) is 24.3 Å². The number of carboxylic acids is 1. The molecule has 1 amide bonds. The third kappa shape index (κ3) is 8.92. The Morgan fingerprint density at radius 2 is 1.74 bits per heavy atom. The summed E-state index contributed by atoms with van der Waals surface area (Å²) in [7, 11) is 0. The lowest BCUT2D eigenvalue weighted by Gasteiger charge is -2.35. The van der Waals surface area contributed by atoms with Crippen LogP contribution in [0.3, 0.4) is 0 Å². The number of hydrogen-bond donors (Lipinski definition) is 1. The third-order valence-corrected chi connectivity index (χ3v) is 13.8. The van der Waals surface area contributed by atoms with Crippen molar-refractivity contribution in [3.05, 3.63) is 23.2 Å². The first-order valence-corrected chi connectivity index (χ1v) is 21.8. The molecule has 2 aromatic rings. The summed E-state index contributed by atoms with van der Waals surface area (Å²) in [6, 6.07) is 4.44. The van der Waals surface area contributed by atoms with Crippen LogP contribution in [0, 0.1) is 34.5 Å². The highest BCUT2D eigenvalue weighted by Gasteiger charge is 2.61. The summed E-state index contributed by atoms with van der Waals surface area (Å²) in [6.07, 6.45) is 5.03. The fraction of sp³-hybridized carbons (Fsp3) is 0.705. The van der Waals surface area contributed by atoms with Gasteiger partial charge in [-0.15, -0.1) is 0 Å². The topological polar surface area (TPSA) is 154 Å². The summed E-state index contributed by atoms with van der Waals surface area (Å²) in [6.45, 7) is 12.0. The van der Waals surface area contributed by atoms with E-state index < -0.39 is 40.8 Å². The van der Waals surface area contributed by atoms with Crippen molar-refractivity contribution in [2.24, 2.45) is 34.5 Å². The molecule has 0 spiro atoms. The number of aromatic nitrogens is 1. The van der Waals surface area contributed by atoms with Gasteiger partial charge in [0.1, 0.15) is 47.0 Å². The van der Waals surface area contributed by atoms with Crippen LogP contribution in [-0.4, -0.2) is 114 Å². The summed E-state index contributed by atoms with van der Waals surface area (Å²) < 4.78 is 30.4. The van der Waals surface area contributed by atoms with E-state index in [1.165, 1.54) is 11.3 Å². The highest BCUT2D eigenvalue weighted by atomic mass is 35.5. The maximum Gasteiger partial charge on any atom is 0.310 e. The molecule has 1 N–H and O–H groups in total. The monoisotopic (exact) mass is 823 g/mol. The Balaban J connectivity index is 1.04. The van der Waals surface area contributed by atoms with Crippen molar-refractivity contribution in [1.29, 1.82) is 0 Å². The minimum Gasteiger partial charge on any atom is -0.491 e. The molecule has 1 unspecified atom stereocenters. The normalized spacial score (nSPS) is 29.8. The van der Waals surface area contributed by atoms with Crippen molar-refractivity contribution < 1.29 is 48.0 Å². The largest absolute Gasteiger partial charge is 0.491 e. The number of likely N-dealkylation sites (tertiary alicyclic amines) is 1. The zero-order valence-electron chi connectivity index (χ0n) is 34.2. The number of carbonyl (C=O) groups excluding carboxylic acids is 3. The van der Waals surface area contributed by atoms with Gasteiger partial charge in [0.2, 0.25) is 11.8 Å². The number of esters is 1. The van der Waals surface area contributed by atoms with Crippen molar-refractivity contribution in [2.45, 2.75) is 116 Å². The van der Waals surface area contributed by atoms with E-state index in [2.05, 4.69) is 4.90 Å². The Hall–Kier alpha value is -3.68. The molecule has 1 aromatic heterocycles. The molecule has 58 heavy (non-hydrogen) atoms. The van der Waals surface area contributed by atoms with E-state index in [-0.39, 0.29) is 55.6 Å². The Kier molecular flexibility index (Phi) is 11.6. The Labute approximate surface area is 345 Å². The first-order valence-electron chi connectivity index (χ1n) is 21.4. The van der Waals surface area contributed by atoms with Gasteiger partial charge < -0.3 is 33.7 Å². The van der Waals surface area contributed by atoms with Gasteiger partial charge in [0, 0.05) is 43.9 Å². The molecular weight excluding hydrogens is 766 g/mol. The molecule has 14 heteroatoms. The zero-order valence-corrected chi connectivity index (χ0v) is 35.0. The second-order valence-corrected chi connectivity index (χ2v) is 19.1. The standard InChI is InChI=1S/C44H58ClN3O10/c1-5-27-22-44(27,42(52)53)23-34(49)33-19-30(24-48(33)41(51)32(43(2,3)4)20-38(50)58-29-17-25-16-26(25)18-29)56-36-21-37(57-28-6-7-28)46-40-31(36)8-9-35(39(40)45)55-15-12-47-10-13-54-14-11-47/h8-9,21,25-30,32-33H,5-7,10-20,22-24H2,1-4H3,(H,52,53)/t25-,26+,27-,29?,30-,32-,33+,44-/m1/s1. The first kappa shape index (κ1) is 41.1. The van der Waals surface area contributed by atoms with E-state index in [4.69, 9.17) is 40.3 Å². The molecule has 1 aromatic carbocycles. The molecule has 4 aliphatic carbocycles. The maximum atomic E-state index is 14.8. The number of carbonyl (C=O) groups is 4. The first-order chi connectivity index (χ1) is 27.7. The molecule has 13 nitrogen and oxygen atoms in total. The number of amides is 1. The lowest BCUT2D eigenvalue weighted by molar-refractivity contribution is -0.157. The second kappa shape index (κ2) is 16.4. The van der Waals surface area contributed by atoms with Crippen LogP contribution in [0.4, 0.5) is 0 Å². The lowest BCUT2D eigenvalue weighted by Crippen LogP contribution is -2.48. The van der Waals surface area contributed by atoms with Gasteiger partial charge in [-0.1, -0.05) is 45.7 Å². The van der Waals surface area contributed by atoms with Crippen LogP contribution >= 0.6 is 11.6 Å². The van der Waals surface area contributed by atoms with E-state index in [0.29, 0.717) is 77.8 Å². The van der Waals surface area contributed by atoms with Crippen LogP contribution in [0.1, 0.15) is 91.9 Å². The number of morpholine rings is 1. The molecule has 8 atom stereocenters. The number of aliphatic carboxylic acids is 1.